The topological polar surface area (TPSA) is 35.2 Å². The lowest BCUT2D eigenvalue weighted by Gasteiger charge is -2.26. The number of nitrogens with two attached hydrogens (primary N) is 1. The van der Waals surface area contributed by atoms with E-state index in [2.05, 4.69) is 0 Å². The van der Waals surface area contributed by atoms with Gasteiger partial charge in [0.15, 0.2) is 11.6 Å². The largest absolute Gasteiger partial charge is 0.497 e. The zero-order chi connectivity index (χ0) is 14.8. The van der Waals surface area contributed by atoms with Crippen LogP contribution in [-0.2, 0) is 12.0 Å². The second kappa shape index (κ2) is 5.59. The summed E-state index contributed by atoms with van der Waals surface area (Å²) in [4.78, 5) is 0. The lowest BCUT2D eigenvalue weighted by molar-refractivity contribution is 0.413. The van der Waals surface area contributed by atoms with Crippen molar-refractivity contribution >= 4 is 0 Å². The molecular formula is C16H17F2NO. The van der Waals surface area contributed by atoms with E-state index in [0.717, 1.165) is 17.4 Å². The highest BCUT2D eigenvalue weighted by Crippen LogP contribution is 2.27. The molecule has 4 heteroatoms. The summed E-state index contributed by atoms with van der Waals surface area (Å²) in [7, 11) is 1.59. The first-order valence-electron chi connectivity index (χ1n) is 6.30. The number of rotatable bonds is 4. The maximum absolute atomic E-state index is 13.8. The number of methoxy groups -OCH3 is 1. The summed E-state index contributed by atoms with van der Waals surface area (Å²) in [6, 6.07) is 11.4. The van der Waals surface area contributed by atoms with E-state index in [-0.39, 0.29) is 5.56 Å². The van der Waals surface area contributed by atoms with Crippen molar-refractivity contribution in [1.82, 2.24) is 0 Å². The van der Waals surface area contributed by atoms with Crippen LogP contribution in [0.3, 0.4) is 0 Å². The van der Waals surface area contributed by atoms with Crippen molar-refractivity contribution in [3.8, 4) is 5.75 Å². The van der Waals surface area contributed by atoms with Crippen LogP contribution in [-0.4, -0.2) is 7.11 Å². The molecule has 0 bridgehead atoms. The van der Waals surface area contributed by atoms with Crippen LogP contribution in [0.4, 0.5) is 8.78 Å². The lowest BCUT2D eigenvalue weighted by Crippen LogP contribution is -2.36. The highest BCUT2D eigenvalue weighted by molar-refractivity contribution is 5.32. The molecule has 0 aliphatic carbocycles. The van der Waals surface area contributed by atoms with E-state index < -0.39 is 17.2 Å². The smallest absolute Gasteiger partial charge is 0.163 e. The van der Waals surface area contributed by atoms with Gasteiger partial charge >= 0.3 is 0 Å². The van der Waals surface area contributed by atoms with E-state index >= 15 is 0 Å². The van der Waals surface area contributed by atoms with Crippen LogP contribution in [0.15, 0.2) is 42.5 Å². The molecule has 2 rings (SSSR count). The van der Waals surface area contributed by atoms with Crippen LogP contribution in [0.2, 0.25) is 0 Å². The summed E-state index contributed by atoms with van der Waals surface area (Å²) in [5, 5.41) is 0. The Morgan fingerprint density at radius 3 is 2.35 bits per heavy atom. The van der Waals surface area contributed by atoms with Gasteiger partial charge in [-0.3, -0.25) is 0 Å². The Kier molecular flexibility index (Phi) is 4.04. The predicted molar refractivity (Wildman–Crippen MR) is 74.6 cm³/mol. The highest BCUT2D eigenvalue weighted by atomic mass is 19.2. The monoisotopic (exact) mass is 277 g/mol. The van der Waals surface area contributed by atoms with Crippen molar-refractivity contribution in [3.63, 3.8) is 0 Å². The van der Waals surface area contributed by atoms with Gasteiger partial charge in [0.05, 0.1) is 7.11 Å². The normalized spacial score (nSPS) is 13.8. The van der Waals surface area contributed by atoms with Crippen molar-refractivity contribution in [1.29, 1.82) is 0 Å². The average Bonchev–Trinajstić information content (AvgIpc) is 2.42. The van der Waals surface area contributed by atoms with Gasteiger partial charge in [0, 0.05) is 11.1 Å². The van der Waals surface area contributed by atoms with Gasteiger partial charge in [0.2, 0.25) is 0 Å². The average molecular weight is 277 g/mol. The Hall–Kier alpha value is -1.94. The molecule has 1 unspecified atom stereocenters. The first-order chi connectivity index (χ1) is 9.44. The molecule has 2 N–H and O–H groups in total. The molecule has 2 aromatic rings. The van der Waals surface area contributed by atoms with Crippen LogP contribution in [0.5, 0.6) is 5.75 Å². The van der Waals surface area contributed by atoms with Crippen LogP contribution < -0.4 is 10.5 Å². The molecule has 20 heavy (non-hydrogen) atoms. The van der Waals surface area contributed by atoms with Crippen molar-refractivity contribution in [2.75, 3.05) is 7.11 Å². The molecule has 0 fully saturated rings. The standard InChI is InChI=1S/C16H17F2NO/c1-16(19,13-4-3-5-14(17)15(13)18)10-11-6-8-12(20-2)9-7-11/h3-9H,10,19H2,1-2H3. The molecule has 0 saturated heterocycles. The van der Waals surface area contributed by atoms with Gasteiger partial charge in [-0.2, -0.15) is 0 Å². The second-order valence-corrected chi connectivity index (χ2v) is 5.04. The molecule has 0 aromatic heterocycles. The highest BCUT2D eigenvalue weighted by Gasteiger charge is 2.26. The van der Waals surface area contributed by atoms with E-state index in [0.29, 0.717) is 6.42 Å². The minimum Gasteiger partial charge on any atom is -0.497 e. The third-order valence-corrected chi connectivity index (χ3v) is 3.30. The van der Waals surface area contributed by atoms with Gasteiger partial charge in [0.25, 0.3) is 0 Å². The van der Waals surface area contributed by atoms with Gasteiger partial charge in [-0.25, -0.2) is 8.78 Å². The Morgan fingerprint density at radius 1 is 1.10 bits per heavy atom. The number of hydrogen-bond donors (Lipinski definition) is 1. The maximum Gasteiger partial charge on any atom is 0.163 e. The Bertz CT molecular complexity index is 594. The van der Waals surface area contributed by atoms with Crippen molar-refractivity contribution in [2.45, 2.75) is 18.9 Å². The third-order valence-electron chi connectivity index (χ3n) is 3.30. The third kappa shape index (κ3) is 2.96. The van der Waals surface area contributed by atoms with E-state index in [1.165, 1.54) is 12.1 Å². The summed E-state index contributed by atoms with van der Waals surface area (Å²) in [6.07, 6.45) is 0.400. The molecule has 0 aliphatic rings. The van der Waals surface area contributed by atoms with Crippen LogP contribution >= 0.6 is 0 Å². The minimum absolute atomic E-state index is 0.174. The van der Waals surface area contributed by atoms with Crippen LogP contribution in [0, 0.1) is 11.6 Å². The van der Waals surface area contributed by atoms with E-state index in [1.807, 2.05) is 24.3 Å². The van der Waals surface area contributed by atoms with E-state index in [9.17, 15) is 8.78 Å². The van der Waals surface area contributed by atoms with Gasteiger partial charge < -0.3 is 10.5 Å². The van der Waals surface area contributed by atoms with Crippen molar-refractivity contribution in [2.24, 2.45) is 5.73 Å². The quantitative estimate of drug-likeness (QED) is 0.929. The first kappa shape index (κ1) is 14.5. The molecule has 0 spiro atoms. The SMILES string of the molecule is COc1ccc(CC(C)(N)c2cccc(F)c2F)cc1. The van der Waals surface area contributed by atoms with Gasteiger partial charge in [-0.15, -0.1) is 0 Å². The fourth-order valence-corrected chi connectivity index (χ4v) is 2.21. The second-order valence-electron chi connectivity index (χ2n) is 5.04. The summed E-state index contributed by atoms with van der Waals surface area (Å²) in [6.45, 7) is 1.69. The zero-order valence-corrected chi connectivity index (χ0v) is 11.5. The summed E-state index contributed by atoms with van der Waals surface area (Å²) in [5.41, 5.74) is 6.29. The number of benzene rings is 2. The Balaban J connectivity index is 2.27. The summed E-state index contributed by atoms with van der Waals surface area (Å²) < 4.78 is 32.2. The van der Waals surface area contributed by atoms with Crippen molar-refractivity contribution in [3.05, 3.63) is 65.2 Å². The van der Waals surface area contributed by atoms with Crippen molar-refractivity contribution < 1.29 is 13.5 Å². The van der Waals surface area contributed by atoms with E-state index in [1.54, 1.807) is 14.0 Å². The minimum atomic E-state index is -0.985. The number of halogens is 2. The maximum atomic E-state index is 13.8. The molecule has 2 aromatic carbocycles. The summed E-state index contributed by atoms with van der Waals surface area (Å²) in [5.74, 6) is -1.02. The molecular weight excluding hydrogens is 260 g/mol. The lowest BCUT2D eigenvalue weighted by atomic mass is 9.86. The molecule has 0 amide bonds. The van der Waals surface area contributed by atoms with E-state index in [4.69, 9.17) is 10.5 Å². The molecule has 106 valence electrons. The van der Waals surface area contributed by atoms with Gasteiger partial charge in [0.1, 0.15) is 5.75 Å². The van der Waals surface area contributed by atoms with Gasteiger partial charge in [-0.1, -0.05) is 24.3 Å². The van der Waals surface area contributed by atoms with Gasteiger partial charge in [-0.05, 0) is 37.1 Å². The molecule has 0 heterocycles. The first-order valence-corrected chi connectivity index (χ1v) is 6.30. The number of ether oxygens (including phenoxy) is 1. The zero-order valence-electron chi connectivity index (χ0n) is 11.5. The fourth-order valence-electron chi connectivity index (χ4n) is 2.21. The Morgan fingerprint density at radius 2 is 1.75 bits per heavy atom. The molecule has 0 radical (unpaired) electrons. The number of hydrogen-bond acceptors (Lipinski definition) is 2. The molecule has 0 saturated carbocycles. The Labute approximate surface area is 117 Å². The van der Waals surface area contributed by atoms with Crippen LogP contribution in [0.25, 0.3) is 0 Å². The fraction of sp³-hybridized carbons (Fsp3) is 0.250. The molecule has 1 atom stereocenters. The molecule has 0 aliphatic heterocycles. The predicted octanol–water partition coefficient (Wildman–Crippen LogP) is 3.39. The van der Waals surface area contributed by atoms with Crippen LogP contribution in [0.1, 0.15) is 18.1 Å². The summed E-state index contributed by atoms with van der Waals surface area (Å²) >= 11 is 0. The molecule has 2 nitrogen and oxygen atoms in total.